The van der Waals surface area contributed by atoms with E-state index in [-0.39, 0.29) is 0 Å². The smallest absolute Gasteiger partial charge is 0.124 e. The number of benzene rings is 1. The Hall–Kier alpha value is -1.74. The maximum absolute atomic E-state index is 5.94. The Balaban J connectivity index is 2.06. The van der Waals surface area contributed by atoms with Crippen LogP contribution in [-0.4, -0.2) is 12.1 Å². The van der Waals surface area contributed by atoms with Gasteiger partial charge in [-0.1, -0.05) is 17.7 Å². The first-order valence-corrected chi connectivity index (χ1v) is 5.52. The zero-order valence-electron chi connectivity index (χ0n) is 9.39. The van der Waals surface area contributed by atoms with Crippen LogP contribution in [0.4, 0.5) is 0 Å². The summed E-state index contributed by atoms with van der Waals surface area (Å²) in [6.07, 6.45) is 3.49. The minimum absolute atomic E-state index is 0.456. The Morgan fingerprint density at radius 2 is 2.06 bits per heavy atom. The predicted octanol–water partition coefficient (Wildman–Crippen LogP) is 3.32. The normalized spacial score (nSPS) is 10.0. The number of methoxy groups -OCH3 is 1. The highest BCUT2D eigenvalue weighted by atomic mass is 35.5. The Kier molecular flexibility index (Phi) is 3.83. The van der Waals surface area contributed by atoms with Crippen molar-refractivity contribution in [2.24, 2.45) is 0 Å². The van der Waals surface area contributed by atoms with Gasteiger partial charge in [-0.2, -0.15) is 0 Å². The van der Waals surface area contributed by atoms with Gasteiger partial charge in [0, 0.05) is 29.0 Å². The molecule has 0 bridgehead atoms. The van der Waals surface area contributed by atoms with Crippen molar-refractivity contribution in [3.63, 3.8) is 0 Å². The topological polar surface area (TPSA) is 31.4 Å². The number of hydrogen-bond donors (Lipinski definition) is 0. The second-order valence-corrected chi connectivity index (χ2v) is 3.91. The largest absolute Gasteiger partial charge is 0.497 e. The molecule has 0 spiro atoms. The van der Waals surface area contributed by atoms with Crippen molar-refractivity contribution in [3.05, 3.63) is 53.3 Å². The van der Waals surface area contributed by atoms with E-state index in [9.17, 15) is 0 Å². The van der Waals surface area contributed by atoms with Crippen LogP contribution in [0, 0.1) is 0 Å². The third-order valence-corrected chi connectivity index (χ3v) is 2.43. The van der Waals surface area contributed by atoms with Gasteiger partial charge in [-0.15, -0.1) is 0 Å². The lowest BCUT2D eigenvalue weighted by atomic mass is 10.3. The number of nitrogens with zero attached hydrogens (tertiary/aromatic N) is 1. The molecule has 0 N–H and O–H groups in total. The summed E-state index contributed by atoms with van der Waals surface area (Å²) in [7, 11) is 1.59. The summed E-state index contributed by atoms with van der Waals surface area (Å²) in [4.78, 5) is 4.02. The Labute approximate surface area is 105 Å². The molecule has 1 aromatic carbocycles. The van der Waals surface area contributed by atoms with Gasteiger partial charge in [0.1, 0.15) is 18.1 Å². The van der Waals surface area contributed by atoms with Crippen LogP contribution in [0.3, 0.4) is 0 Å². The number of pyridine rings is 1. The number of rotatable bonds is 4. The maximum Gasteiger partial charge on any atom is 0.124 e. The van der Waals surface area contributed by atoms with Crippen molar-refractivity contribution < 1.29 is 9.47 Å². The highest BCUT2D eigenvalue weighted by molar-refractivity contribution is 6.30. The van der Waals surface area contributed by atoms with Crippen molar-refractivity contribution >= 4 is 11.6 Å². The van der Waals surface area contributed by atoms with Gasteiger partial charge in [-0.3, -0.25) is 4.98 Å². The Morgan fingerprint density at radius 1 is 1.24 bits per heavy atom. The van der Waals surface area contributed by atoms with Crippen LogP contribution < -0.4 is 9.47 Å². The number of ether oxygens (including phenoxy) is 2. The van der Waals surface area contributed by atoms with E-state index in [0.29, 0.717) is 23.1 Å². The van der Waals surface area contributed by atoms with E-state index in [1.807, 2.05) is 12.1 Å². The van der Waals surface area contributed by atoms with Crippen LogP contribution in [0.25, 0.3) is 0 Å². The average Bonchev–Trinajstić information content (AvgIpc) is 2.37. The quantitative estimate of drug-likeness (QED) is 0.833. The van der Waals surface area contributed by atoms with Gasteiger partial charge in [0.25, 0.3) is 0 Å². The van der Waals surface area contributed by atoms with E-state index in [2.05, 4.69) is 4.98 Å². The predicted molar refractivity (Wildman–Crippen MR) is 66.6 cm³/mol. The molecule has 0 aliphatic carbocycles. The molecular formula is C13H12ClNO2. The molecular weight excluding hydrogens is 238 g/mol. The summed E-state index contributed by atoms with van der Waals surface area (Å²) >= 11 is 5.94. The van der Waals surface area contributed by atoms with Crippen molar-refractivity contribution in [2.75, 3.05) is 7.11 Å². The second-order valence-electron chi connectivity index (χ2n) is 3.48. The molecule has 1 heterocycles. The molecule has 0 aliphatic rings. The molecule has 4 heteroatoms. The first-order valence-electron chi connectivity index (χ1n) is 5.14. The van der Waals surface area contributed by atoms with E-state index >= 15 is 0 Å². The van der Waals surface area contributed by atoms with Crippen LogP contribution in [0.15, 0.2) is 42.7 Å². The fraction of sp³-hybridized carbons (Fsp3) is 0.154. The molecule has 1 aromatic heterocycles. The van der Waals surface area contributed by atoms with Gasteiger partial charge in [0.05, 0.1) is 7.11 Å². The van der Waals surface area contributed by atoms with Crippen LogP contribution in [-0.2, 0) is 6.61 Å². The van der Waals surface area contributed by atoms with Crippen LogP contribution in [0.5, 0.6) is 11.5 Å². The minimum Gasteiger partial charge on any atom is -0.497 e. The van der Waals surface area contributed by atoms with Gasteiger partial charge in [-0.25, -0.2) is 0 Å². The molecule has 0 unspecified atom stereocenters. The molecule has 0 aliphatic heterocycles. The lowest BCUT2D eigenvalue weighted by Crippen LogP contribution is -1.96. The van der Waals surface area contributed by atoms with E-state index in [1.165, 1.54) is 0 Å². The highest BCUT2D eigenvalue weighted by Gasteiger charge is 2.01. The summed E-state index contributed by atoms with van der Waals surface area (Å²) in [5, 5.41) is 0.588. The van der Waals surface area contributed by atoms with E-state index in [4.69, 9.17) is 21.1 Å². The zero-order chi connectivity index (χ0) is 12.1. The third-order valence-electron chi connectivity index (χ3n) is 2.21. The SMILES string of the molecule is COc1cc(Cl)cc(OCc2cccnc2)c1. The molecule has 0 radical (unpaired) electrons. The molecule has 0 amide bonds. The summed E-state index contributed by atoms with van der Waals surface area (Å²) in [5.41, 5.74) is 1.01. The van der Waals surface area contributed by atoms with Gasteiger partial charge >= 0.3 is 0 Å². The molecule has 2 rings (SSSR count). The zero-order valence-corrected chi connectivity index (χ0v) is 10.1. The lowest BCUT2D eigenvalue weighted by Gasteiger charge is -2.08. The van der Waals surface area contributed by atoms with E-state index < -0.39 is 0 Å². The maximum atomic E-state index is 5.94. The minimum atomic E-state index is 0.456. The fourth-order valence-electron chi connectivity index (χ4n) is 1.39. The van der Waals surface area contributed by atoms with Crippen molar-refractivity contribution in [2.45, 2.75) is 6.61 Å². The van der Waals surface area contributed by atoms with Crippen LogP contribution >= 0.6 is 11.6 Å². The van der Waals surface area contributed by atoms with Gasteiger partial charge in [0.2, 0.25) is 0 Å². The number of hydrogen-bond acceptors (Lipinski definition) is 3. The molecule has 2 aromatic rings. The molecule has 0 saturated carbocycles. The monoisotopic (exact) mass is 249 g/mol. The van der Waals surface area contributed by atoms with Gasteiger partial charge in [-0.05, 0) is 18.2 Å². The molecule has 17 heavy (non-hydrogen) atoms. The van der Waals surface area contributed by atoms with E-state index in [0.717, 1.165) is 5.56 Å². The lowest BCUT2D eigenvalue weighted by molar-refractivity contribution is 0.303. The number of halogens is 1. The highest BCUT2D eigenvalue weighted by Crippen LogP contribution is 2.26. The average molecular weight is 250 g/mol. The van der Waals surface area contributed by atoms with Crippen molar-refractivity contribution in [1.82, 2.24) is 4.98 Å². The van der Waals surface area contributed by atoms with E-state index in [1.54, 1.807) is 37.7 Å². The first kappa shape index (κ1) is 11.7. The molecule has 0 atom stereocenters. The second kappa shape index (κ2) is 5.55. The van der Waals surface area contributed by atoms with Crippen LogP contribution in [0.2, 0.25) is 5.02 Å². The summed E-state index contributed by atoms with van der Waals surface area (Å²) in [6, 6.07) is 9.10. The van der Waals surface area contributed by atoms with Crippen molar-refractivity contribution in [1.29, 1.82) is 0 Å². The molecule has 0 fully saturated rings. The van der Waals surface area contributed by atoms with Crippen molar-refractivity contribution in [3.8, 4) is 11.5 Å². The molecule has 3 nitrogen and oxygen atoms in total. The first-order chi connectivity index (χ1) is 8.28. The van der Waals surface area contributed by atoms with Gasteiger partial charge in [0.15, 0.2) is 0 Å². The number of aromatic nitrogens is 1. The third kappa shape index (κ3) is 3.36. The Bertz CT molecular complexity index is 488. The summed E-state index contributed by atoms with van der Waals surface area (Å²) < 4.78 is 10.7. The summed E-state index contributed by atoms with van der Waals surface area (Å²) in [6.45, 7) is 0.456. The molecule has 88 valence electrons. The molecule has 0 saturated heterocycles. The van der Waals surface area contributed by atoms with Crippen LogP contribution in [0.1, 0.15) is 5.56 Å². The standard InChI is InChI=1S/C13H12ClNO2/c1-16-12-5-11(14)6-13(7-12)17-9-10-3-2-4-15-8-10/h2-8H,9H2,1H3. The Morgan fingerprint density at radius 3 is 2.76 bits per heavy atom. The summed E-state index contributed by atoms with van der Waals surface area (Å²) in [5.74, 6) is 1.36. The fourth-order valence-corrected chi connectivity index (χ4v) is 1.60. The van der Waals surface area contributed by atoms with Gasteiger partial charge < -0.3 is 9.47 Å².